The molecule has 1 aromatic carbocycles. The van der Waals surface area contributed by atoms with Crippen LogP contribution in [-0.2, 0) is 26.2 Å². The summed E-state index contributed by atoms with van der Waals surface area (Å²) in [7, 11) is 0. The molecule has 0 bridgehead atoms. The second-order valence-electron chi connectivity index (χ2n) is 1.82. The second-order valence-corrected chi connectivity index (χ2v) is 1.82. The molecule has 0 spiro atoms. The van der Waals surface area contributed by atoms with Gasteiger partial charge in [0, 0.05) is 0 Å². The molecule has 0 atom stereocenters. The van der Waals surface area contributed by atoms with Gasteiger partial charge in [-0.25, -0.2) is 12.1 Å². The van der Waals surface area contributed by atoms with Crippen molar-refractivity contribution in [2.75, 3.05) is 0 Å². The Labute approximate surface area is 83.1 Å². The fourth-order valence-electron chi connectivity index (χ4n) is 0.321. The summed E-state index contributed by atoms with van der Waals surface area (Å²) in [6.07, 6.45) is 2.28. The van der Waals surface area contributed by atoms with Crippen molar-refractivity contribution in [1.82, 2.24) is 0 Å². The summed E-state index contributed by atoms with van der Waals surface area (Å²) < 4.78 is 0. The van der Waals surface area contributed by atoms with Crippen LogP contribution in [-0.4, -0.2) is 0 Å². The molecule has 0 saturated carbocycles. The van der Waals surface area contributed by atoms with Gasteiger partial charge in [0.2, 0.25) is 0 Å². The van der Waals surface area contributed by atoms with Crippen molar-refractivity contribution in [3.8, 4) is 0 Å². The summed E-state index contributed by atoms with van der Waals surface area (Å²) in [5.41, 5.74) is 0. The van der Waals surface area contributed by atoms with E-state index in [2.05, 4.69) is 13.8 Å². The van der Waals surface area contributed by atoms with E-state index in [1.807, 2.05) is 30.3 Å². The van der Waals surface area contributed by atoms with Crippen LogP contribution in [0.4, 0.5) is 0 Å². The zero-order valence-corrected chi connectivity index (χ0v) is 8.97. The van der Waals surface area contributed by atoms with Gasteiger partial charge in [0.15, 0.2) is 0 Å². The van der Waals surface area contributed by atoms with Gasteiger partial charge < -0.3 is 6.92 Å². The number of hydrogen-bond acceptors (Lipinski definition) is 0. The van der Waals surface area contributed by atoms with Gasteiger partial charge in [0.05, 0.1) is 0 Å². The predicted molar refractivity (Wildman–Crippen MR) is 42.3 cm³/mol. The average Bonchev–Trinajstić information content (AvgIpc) is 2.43. The first kappa shape index (κ1) is 12.9. The van der Waals surface area contributed by atoms with Gasteiger partial charge in [-0.15, -0.1) is 0 Å². The molecule has 1 rings (SSSR count). The van der Waals surface area contributed by atoms with Crippen LogP contribution >= 0.6 is 0 Å². The molecule has 0 aliphatic heterocycles. The Hall–Kier alpha value is 0.233. The fourth-order valence-corrected chi connectivity index (χ4v) is 0.321. The summed E-state index contributed by atoms with van der Waals surface area (Å²) in [6.45, 7) is 5.72. The molecule has 1 heteroatoms. The molecular formula is C9H14Zr. The van der Waals surface area contributed by atoms with E-state index in [4.69, 9.17) is 0 Å². The molecule has 0 heterocycles. The maximum absolute atomic E-state index is 3.60. The molecule has 0 aromatic heterocycles. The predicted octanol–water partition coefficient (Wildman–Crippen LogP) is 3.02. The number of rotatable bonds is 1. The van der Waals surface area contributed by atoms with E-state index in [1.54, 1.807) is 0 Å². The van der Waals surface area contributed by atoms with Crippen LogP contribution in [0.15, 0.2) is 30.3 Å². The molecule has 1 aromatic rings. The summed E-state index contributed by atoms with van der Waals surface area (Å²) in [6, 6.07) is 10.0. The molecule has 0 amide bonds. The van der Waals surface area contributed by atoms with Crippen molar-refractivity contribution in [1.29, 1.82) is 0 Å². The van der Waals surface area contributed by atoms with E-state index in [0.29, 0.717) is 0 Å². The Morgan fingerprint density at radius 1 is 1.30 bits per heavy atom. The van der Waals surface area contributed by atoms with Gasteiger partial charge in [-0.05, 0) is 0 Å². The van der Waals surface area contributed by atoms with Crippen molar-refractivity contribution >= 4 is 0 Å². The van der Waals surface area contributed by atoms with Crippen molar-refractivity contribution in [3.05, 3.63) is 37.3 Å². The second kappa shape index (κ2) is 12.0. The molecule has 0 radical (unpaired) electrons. The smallest absolute Gasteiger partial charge is 0.343 e. The number of unbranched alkanes of at least 4 members (excludes halogenated alkanes) is 1. The van der Waals surface area contributed by atoms with Gasteiger partial charge >= 0.3 is 26.2 Å². The molecule has 0 N–H and O–H groups in total. The first-order valence-corrected chi connectivity index (χ1v) is 3.37. The van der Waals surface area contributed by atoms with Crippen LogP contribution in [0.2, 0.25) is 0 Å². The molecule has 0 fully saturated rings. The van der Waals surface area contributed by atoms with E-state index >= 15 is 0 Å². The average molecular weight is 213 g/mol. The van der Waals surface area contributed by atoms with E-state index in [9.17, 15) is 0 Å². The third kappa shape index (κ3) is 11.1. The zero-order valence-electron chi connectivity index (χ0n) is 6.51. The first-order chi connectivity index (χ1) is 4.41. The standard InChI is InChI=1S/C5H5.C4H9.Zr/c1-2-4-5-3-1;1-3-4-2;/h1-5H;1,3-4H2,2H3;/q2*-1;+2. The van der Waals surface area contributed by atoms with Crippen LogP contribution in [0.1, 0.15) is 19.8 Å². The summed E-state index contributed by atoms with van der Waals surface area (Å²) in [5.74, 6) is 0. The Morgan fingerprint density at radius 2 is 1.70 bits per heavy atom. The van der Waals surface area contributed by atoms with Crippen molar-refractivity contribution in [2.24, 2.45) is 0 Å². The van der Waals surface area contributed by atoms with Crippen molar-refractivity contribution < 1.29 is 26.2 Å². The quantitative estimate of drug-likeness (QED) is 0.629. The largest absolute Gasteiger partial charge is 2.00 e. The maximum Gasteiger partial charge on any atom is 2.00 e. The van der Waals surface area contributed by atoms with Crippen LogP contribution < -0.4 is 0 Å². The Bertz CT molecular complexity index is 80.3. The minimum absolute atomic E-state index is 0. The molecule has 10 heavy (non-hydrogen) atoms. The van der Waals surface area contributed by atoms with Crippen LogP contribution in [0.25, 0.3) is 0 Å². The third-order valence-corrected chi connectivity index (χ3v) is 0.909. The molecule has 54 valence electrons. The molecule has 0 saturated heterocycles. The molecule has 0 unspecified atom stereocenters. The van der Waals surface area contributed by atoms with Crippen LogP contribution in [0, 0.1) is 6.92 Å². The molecule has 0 aliphatic rings. The van der Waals surface area contributed by atoms with Crippen molar-refractivity contribution in [3.63, 3.8) is 0 Å². The third-order valence-electron chi connectivity index (χ3n) is 0.909. The van der Waals surface area contributed by atoms with Crippen LogP contribution in [0.5, 0.6) is 0 Å². The Morgan fingerprint density at radius 3 is 1.80 bits per heavy atom. The van der Waals surface area contributed by atoms with Gasteiger partial charge in [-0.3, -0.25) is 0 Å². The monoisotopic (exact) mass is 212 g/mol. The topological polar surface area (TPSA) is 0 Å². The van der Waals surface area contributed by atoms with Gasteiger partial charge in [0.25, 0.3) is 0 Å². The van der Waals surface area contributed by atoms with E-state index in [-0.39, 0.29) is 26.2 Å². The first-order valence-electron chi connectivity index (χ1n) is 3.37. The molecule has 0 nitrogen and oxygen atoms in total. The summed E-state index contributed by atoms with van der Waals surface area (Å²) in [5, 5.41) is 0. The van der Waals surface area contributed by atoms with E-state index < -0.39 is 0 Å². The van der Waals surface area contributed by atoms with E-state index in [1.165, 1.54) is 6.42 Å². The molecular weight excluding hydrogens is 199 g/mol. The number of hydrogen-bond donors (Lipinski definition) is 0. The van der Waals surface area contributed by atoms with Gasteiger partial charge in [-0.2, -0.15) is 24.6 Å². The maximum atomic E-state index is 3.60. The Balaban J connectivity index is 0. The minimum atomic E-state index is 0. The van der Waals surface area contributed by atoms with E-state index in [0.717, 1.165) is 6.42 Å². The normalized spacial score (nSPS) is 7.00. The Kier molecular flexibility index (Phi) is 15.4. The summed E-state index contributed by atoms with van der Waals surface area (Å²) >= 11 is 0. The minimum Gasteiger partial charge on any atom is -0.343 e. The SMILES string of the molecule is [CH2-]CCC.[Zr+2].c1cc[cH-]c1. The zero-order chi connectivity index (χ0) is 6.95. The van der Waals surface area contributed by atoms with Crippen molar-refractivity contribution in [2.45, 2.75) is 19.8 Å². The van der Waals surface area contributed by atoms with Gasteiger partial charge in [0.1, 0.15) is 0 Å². The fraction of sp³-hybridized carbons (Fsp3) is 0.333. The summed E-state index contributed by atoms with van der Waals surface area (Å²) in [4.78, 5) is 0. The molecule has 0 aliphatic carbocycles. The van der Waals surface area contributed by atoms with Crippen LogP contribution in [0.3, 0.4) is 0 Å². The van der Waals surface area contributed by atoms with Gasteiger partial charge in [-0.1, -0.05) is 13.3 Å².